The van der Waals surface area contributed by atoms with Gasteiger partial charge in [-0.2, -0.15) is 0 Å². The first-order valence-electron chi connectivity index (χ1n) is 10.3. The molecule has 1 aliphatic heterocycles. The van der Waals surface area contributed by atoms with Gasteiger partial charge in [-0.15, -0.1) is 0 Å². The average molecular weight is 387 g/mol. The third-order valence-electron chi connectivity index (χ3n) is 5.95. The molecule has 2 aliphatic rings. The Morgan fingerprint density at radius 2 is 1.79 bits per heavy atom. The van der Waals surface area contributed by atoms with Crippen LogP contribution >= 0.6 is 0 Å². The summed E-state index contributed by atoms with van der Waals surface area (Å²) >= 11 is 0. The first-order chi connectivity index (χ1) is 14.2. The maximum atomic E-state index is 13.4. The normalized spacial score (nSPS) is 16.9. The average Bonchev–Trinajstić information content (AvgIpc) is 3.63. The number of amides is 1. The highest BCUT2D eigenvalue weighted by Crippen LogP contribution is 2.40. The first-order valence-corrected chi connectivity index (χ1v) is 10.3. The van der Waals surface area contributed by atoms with Gasteiger partial charge in [-0.3, -0.25) is 9.78 Å². The number of nitrogens with zero attached hydrogens (tertiary/aromatic N) is 3. The Morgan fingerprint density at radius 3 is 2.55 bits per heavy atom. The highest BCUT2D eigenvalue weighted by molar-refractivity contribution is 6.06. The lowest BCUT2D eigenvalue weighted by atomic mass is 10.0. The van der Waals surface area contributed by atoms with Crippen molar-refractivity contribution < 1.29 is 9.53 Å². The molecular formula is C24H25N3O2. The Bertz CT molecular complexity index is 1050. The molecule has 0 unspecified atom stereocenters. The minimum absolute atomic E-state index is 0.121. The number of ether oxygens (including phenoxy) is 1. The van der Waals surface area contributed by atoms with Crippen LogP contribution in [-0.2, 0) is 0 Å². The molecule has 0 radical (unpaired) electrons. The number of piperazine rings is 1. The molecular weight excluding hydrogens is 362 g/mol. The number of aromatic nitrogens is 1. The number of anilines is 1. The molecule has 2 heterocycles. The van der Waals surface area contributed by atoms with Gasteiger partial charge in [0.2, 0.25) is 0 Å². The number of pyridine rings is 1. The van der Waals surface area contributed by atoms with Gasteiger partial charge in [0, 0.05) is 54.9 Å². The molecule has 1 amide bonds. The molecule has 5 rings (SSSR count). The Hall–Kier alpha value is -3.08. The smallest absolute Gasteiger partial charge is 0.254 e. The maximum Gasteiger partial charge on any atom is 0.254 e. The molecule has 148 valence electrons. The molecule has 2 fully saturated rings. The standard InChI is InChI=1S/C24H25N3O2/c1-29-19-6-4-5-18(15-19)26-11-13-27(14-12-26)24(28)21-16-23(17-9-10-17)25-22-8-3-2-7-20(21)22/h2-8,15-17H,9-14H2,1H3. The van der Waals surface area contributed by atoms with Crippen LogP contribution < -0.4 is 9.64 Å². The summed E-state index contributed by atoms with van der Waals surface area (Å²) in [5, 5.41) is 0.956. The molecule has 3 aromatic rings. The van der Waals surface area contributed by atoms with E-state index >= 15 is 0 Å². The van der Waals surface area contributed by atoms with E-state index in [1.807, 2.05) is 47.4 Å². The van der Waals surface area contributed by atoms with E-state index in [2.05, 4.69) is 17.0 Å². The number of fused-ring (bicyclic) bond motifs is 1. The third-order valence-corrected chi connectivity index (χ3v) is 5.95. The number of methoxy groups -OCH3 is 1. The maximum absolute atomic E-state index is 13.4. The predicted octanol–water partition coefficient (Wildman–Crippen LogP) is 4.08. The molecule has 0 atom stereocenters. The van der Waals surface area contributed by atoms with Crippen LogP contribution in [-0.4, -0.2) is 49.1 Å². The lowest BCUT2D eigenvalue weighted by molar-refractivity contribution is 0.0748. The van der Waals surface area contributed by atoms with Crippen LogP contribution in [0.3, 0.4) is 0 Å². The van der Waals surface area contributed by atoms with E-state index in [4.69, 9.17) is 9.72 Å². The zero-order valence-corrected chi connectivity index (χ0v) is 16.7. The molecule has 1 aromatic heterocycles. The molecule has 1 aliphatic carbocycles. The second-order valence-corrected chi connectivity index (χ2v) is 7.87. The molecule has 5 nitrogen and oxygen atoms in total. The number of benzene rings is 2. The number of hydrogen-bond acceptors (Lipinski definition) is 4. The summed E-state index contributed by atoms with van der Waals surface area (Å²) in [5.74, 6) is 1.50. The first kappa shape index (κ1) is 18.0. The molecule has 1 saturated heterocycles. The van der Waals surface area contributed by atoms with Crippen molar-refractivity contribution in [3.63, 3.8) is 0 Å². The minimum Gasteiger partial charge on any atom is -0.497 e. The van der Waals surface area contributed by atoms with Crippen LogP contribution in [0.15, 0.2) is 54.6 Å². The number of rotatable bonds is 4. The van der Waals surface area contributed by atoms with Gasteiger partial charge in [0.25, 0.3) is 5.91 Å². The largest absolute Gasteiger partial charge is 0.497 e. The second-order valence-electron chi connectivity index (χ2n) is 7.87. The highest BCUT2D eigenvalue weighted by atomic mass is 16.5. The van der Waals surface area contributed by atoms with Gasteiger partial charge in [0.05, 0.1) is 18.2 Å². The van der Waals surface area contributed by atoms with E-state index in [1.165, 1.54) is 12.8 Å². The topological polar surface area (TPSA) is 45.7 Å². The fourth-order valence-electron chi connectivity index (χ4n) is 4.11. The van der Waals surface area contributed by atoms with Gasteiger partial charge in [0.15, 0.2) is 0 Å². The van der Waals surface area contributed by atoms with Crippen molar-refractivity contribution in [1.82, 2.24) is 9.88 Å². The van der Waals surface area contributed by atoms with Crippen LogP contribution in [0.5, 0.6) is 5.75 Å². The Kier molecular flexibility index (Phi) is 4.58. The fraction of sp³-hybridized carbons (Fsp3) is 0.333. The zero-order valence-electron chi connectivity index (χ0n) is 16.7. The quantitative estimate of drug-likeness (QED) is 0.677. The van der Waals surface area contributed by atoms with Crippen molar-refractivity contribution >= 4 is 22.5 Å². The van der Waals surface area contributed by atoms with E-state index in [-0.39, 0.29) is 5.91 Å². The molecule has 29 heavy (non-hydrogen) atoms. The van der Waals surface area contributed by atoms with E-state index in [0.29, 0.717) is 19.0 Å². The molecule has 5 heteroatoms. The second kappa shape index (κ2) is 7.39. The van der Waals surface area contributed by atoms with Gasteiger partial charge in [0.1, 0.15) is 5.75 Å². The number of carbonyl (C=O) groups excluding carboxylic acids is 1. The van der Waals surface area contributed by atoms with Gasteiger partial charge in [-0.25, -0.2) is 0 Å². The molecule has 0 spiro atoms. The summed E-state index contributed by atoms with van der Waals surface area (Å²) in [5.41, 5.74) is 3.94. The molecule has 1 saturated carbocycles. The molecule has 2 aromatic carbocycles. The number of para-hydroxylation sites is 1. The van der Waals surface area contributed by atoms with Gasteiger partial charge < -0.3 is 14.5 Å². The highest BCUT2D eigenvalue weighted by Gasteiger charge is 2.29. The SMILES string of the molecule is COc1cccc(N2CCN(C(=O)c3cc(C4CC4)nc4ccccc34)CC2)c1. The van der Waals surface area contributed by atoms with Crippen molar-refractivity contribution in [2.45, 2.75) is 18.8 Å². The van der Waals surface area contributed by atoms with Crippen molar-refractivity contribution in [3.8, 4) is 5.75 Å². The molecule has 0 N–H and O–H groups in total. The van der Waals surface area contributed by atoms with Crippen LogP contribution in [0, 0.1) is 0 Å². The Labute approximate surface area is 170 Å². The zero-order chi connectivity index (χ0) is 19.8. The van der Waals surface area contributed by atoms with E-state index in [1.54, 1.807) is 7.11 Å². The predicted molar refractivity (Wildman–Crippen MR) is 115 cm³/mol. The lowest BCUT2D eigenvalue weighted by Gasteiger charge is -2.36. The van der Waals surface area contributed by atoms with Crippen LogP contribution in [0.4, 0.5) is 5.69 Å². The van der Waals surface area contributed by atoms with Crippen LogP contribution in [0.25, 0.3) is 10.9 Å². The van der Waals surface area contributed by atoms with E-state index in [9.17, 15) is 4.79 Å². The Balaban J connectivity index is 1.37. The minimum atomic E-state index is 0.121. The fourth-order valence-corrected chi connectivity index (χ4v) is 4.11. The van der Waals surface area contributed by atoms with Crippen LogP contribution in [0.2, 0.25) is 0 Å². The van der Waals surface area contributed by atoms with E-state index < -0.39 is 0 Å². The van der Waals surface area contributed by atoms with Crippen molar-refractivity contribution in [2.75, 3.05) is 38.2 Å². The summed E-state index contributed by atoms with van der Waals surface area (Å²) in [6, 6.07) is 18.2. The Morgan fingerprint density at radius 1 is 1.00 bits per heavy atom. The van der Waals surface area contributed by atoms with E-state index in [0.717, 1.165) is 46.7 Å². The summed E-state index contributed by atoms with van der Waals surface area (Å²) in [6.45, 7) is 3.06. The van der Waals surface area contributed by atoms with Crippen molar-refractivity contribution in [2.24, 2.45) is 0 Å². The van der Waals surface area contributed by atoms with Gasteiger partial charge in [-0.05, 0) is 37.1 Å². The van der Waals surface area contributed by atoms with Gasteiger partial charge in [-0.1, -0.05) is 24.3 Å². The summed E-state index contributed by atoms with van der Waals surface area (Å²) in [6.07, 6.45) is 2.36. The molecule has 0 bridgehead atoms. The monoisotopic (exact) mass is 387 g/mol. The van der Waals surface area contributed by atoms with Gasteiger partial charge >= 0.3 is 0 Å². The third kappa shape index (κ3) is 3.53. The van der Waals surface area contributed by atoms with Crippen LogP contribution in [0.1, 0.15) is 34.8 Å². The summed E-state index contributed by atoms with van der Waals surface area (Å²) < 4.78 is 5.34. The lowest BCUT2D eigenvalue weighted by Crippen LogP contribution is -2.48. The van der Waals surface area contributed by atoms with Crippen molar-refractivity contribution in [3.05, 3.63) is 65.9 Å². The summed E-state index contributed by atoms with van der Waals surface area (Å²) in [4.78, 5) is 22.5. The number of carbonyl (C=O) groups is 1. The summed E-state index contributed by atoms with van der Waals surface area (Å²) in [7, 11) is 1.69. The van der Waals surface area contributed by atoms with Crippen molar-refractivity contribution in [1.29, 1.82) is 0 Å². The number of hydrogen-bond donors (Lipinski definition) is 0.